The van der Waals surface area contributed by atoms with Gasteiger partial charge in [0.25, 0.3) is 0 Å². The zero-order chi connectivity index (χ0) is 12.1. The number of hydrogen-bond donors (Lipinski definition) is 1. The van der Waals surface area contributed by atoms with Crippen LogP contribution < -0.4 is 5.32 Å². The van der Waals surface area contributed by atoms with E-state index >= 15 is 0 Å². The molecule has 2 rings (SSSR count). The summed E-state index contributed by atoms with van der Waals surface area (Å²) in [6.45, 7) is 3.14. The van der Waals surface area contributed by atoms with E-state index in [4.69, 9.17) is 4.74 Å². The van der Waals surface area contributed by atoms with Gasteiger partial charge in [-0.25, -0.2) is 0 Å². The van der Waals surface area contributed by atoms with Crippen LogP contribution in [0, 0.1) is 5.92 Å². The lowest BCUT2D eigenvalue weighted by Crippen LogP contribution is -2.41. The van der Waals surface area contributed by atoms with Gasteiger partial charge in [-0.1, -0.05) is 19.8 Å². The molecule has 0 radical (unpaired) electrons. The minimum absolute atomic E-state index is 0.222. The number of hydrogen-bond acceptors (Lipinski definition) is 2. The van der Waals surface area contributed by atoms with Crippen molar-refractivity contribution < 1.29 is 9.53 Å². The molecule has 1 saturated carbocycles. The van der Waals surface area contributed by atoms with Gasteiger partial charge in [-0.3, -0.25) is 4.79 Å². The Morgan fingerprint density at radius 1 is 1.24 bits per heavy atom. The number of nitrogens with one attached hydrogen (secondary N) is 1. The molecule has 17 heavy (non-hydrogen) atoms. The molecule has 1 saturated heterocycles. The average Bonchev–Trinajstić information content (AvgIpc) is 2.82. The second-order valence-electron chi connectivity index (χ2n) is 5.61. The number of carbonyl (C=O) groups excluding carboxylic acids is 1. The van der Waals surface area contributed by atoms with E-state index in [1.54, 1.807) is 0 Å². The molecule has 1 N–H and O–H groups in total. The summed E-state index contributed by atoms with van der Waals surface area (Å²) in [5, 5.41) is 3.20. The molecule has 1 heterocycles. The van der Waals surface area contributed by atoms with Gasteiger partial charge in [0.05, 0.1) is 6.10 Å². The number of ether oxygens (including phenoxy) is 1. The van der Waals surface area contributed by atoms with E-state index in [1.807, 2.05) is 0 Å². The Morgan fingerprint density at radius 3 is 2.76 bits per heavy atom. The van der Waals surface area contributed by atoms with Crippen molar-refractivity contribution in [2.24, 2.45) is 5.92 Å². The van der Waals surface area contributed by atoms with Crippen LogP contribution >= 0.6 is 0 Å². The Hall–Kier alpha value is -0.570. The first kappa shape index (κ1) is 12.9. The zero-order valence-electron chi connectivity index (χ0n) is 10.9. The molecule has 1 aliphatic carbocycles. The van der Waals surface area contributed by atoms with Crippen molar-refractivity contribution in [1.82, 2.24) is 5.32 Å². The Labute approximate surface area is 104 Å². The molecule has 0 spiro atoms. The molecule has 3 heteroatoms. The van der Waals surface area contributed by atoms with Crippen LogP contribution in [0.2, 0.25) is 0 Å². The highest BCUT2D eigenvalue weighted by atomic mass is 16.5. The van der Waals surface area contributed by atoms with Crippen LogP contribution in [-0.4, -0.2) is 24.7 Å². The van der Waals surface area contributed by atoms with Crippen LogP contribution in [0.3, 0.4) is 0 Å². The molecular formula is C14H25NO2. The van der Waals surface area contributed by atoms with Gasteiger partial charge in [0.15, 0.2) is 0 Å². The van der Waals surface area contributed by atoms with Gasteiger partial charge in [-0.05, 0) is 38.0 Å². The zero-order valence-corrected chi connectivity index (χ0v) is 10.9. The van der Waals surface area contributed by atoms with E-state index in [0.29, 0.717) is 24.5 Å². The predicted octanol–water partition coefficient (Wildman–Crippen LogP) is 2.64. The van der Waals surface area contributed by atoms with Gasteiger partial charge in [-0.2, -0.15) is 0 Å². The summed E-state index contributed by atoms with van der Waals surface area (Å²) in [5.74, 6) is 0.870. The third kappa shape index (κ3) is 3.98. The van der Waals surface area contributed by atoms with Gasteiger partial charge in [0.2, 0.25) is 5.91 Å². The van der Waals surface area contributed by atoms with Crippen LogP contribution in [0.1, 0.15) is 58.3 Å². The highest BCUT2D eigenvalue weighted by Gasteiger charge is 2.23. The molecule has 3 atom stereocenters. The standard InChI is InChI=1S/C14H25NO2/c1-11-5-2-3-7-13(11)15-14(16)9-8-12-6-4-10-17-12/h11-13H,2-10H2,1H3,(H,15,16)/t11-,12-,13+/m1/s1. The quantitative estimate of drug-likeness (QED) is 0.819. The summed E-state index contributed by atoms with van der Waals surface area (Å²) in [7, 11) is 0. The van der Waals surface area contributed by atoms with Gasteiger partial charge >= 0.3 is 0 Å². The smallest absolute Gasteiger partial charge is 0.220 e. The number of carbonyl (C=O) groups is 1. The normalized spacial score (nSPS) is 33.6. The second kappa shape index (κ2) is 6.39. The van der Waals surface area contributed by atoms with E-state index in [1.165, 1.54) is 19.3 Å². The third-order valence-electron chi connectivity index (χ3n) is 4.18. The maximum Gasteiger partial charge on any atom is 0.220 e. The monoisotopic (exact) mass is 239 g/mol. The summed E-state index contributed by atoms with van der Waals surface area (Å²) in [6, 6.07) is 0.417. The molecular weight excluding hydrogens is 214 g/mol. The molecule has 2 fully saturated rings. The van der Waals surface area contributed by atoms with Crippen molar-refractivity contribution in [3.8, 4) is 0 Å². The van der Waals surface area contributed by atoms with Crippen molar-refractivity contribution in [2.45, 2.75) is 70.4 Å². The molecule has 0 unspecified atom stereocenters. The third-order valence-corrected chi connectivity index (χ3v) is 4.18. The highest BCUT2D eigenvalue weighted by molar-refractivity contribution is 5.76. The number of rotatable bonds is 4. The van der Waals surface area contributed by atoms with E-state index in [2.05, 4.69) is 12.2 Å². The molecule has 0 aromatic rings. The van der Waals surface area contributed by atoms with Crippen LogP contribution in [0.25, 0.3) is 0 Å². The summed E-state index contributed by atoms with van der Waals surface area (Å²) >= 11 is 0. The van der Waals surface area contributed by atoms with E-state index < -0.39 is 0 Å². The Balaban J connectivity index is 1.65. The molecule has 1 aliphatic heterocycles. The lowest BCUT2D eigenvalue weighted by Gasteiger charge is -2.29. The molecule has 0 aromatic heterocycles. The molecule has 98 valence electrons. The summed E-state index contributed by atoms with van der Waals surface area (Å²) in [4.78, 5) is 11.8. The fourth-order valence-corrected chi connectivity index (χ4v) is 2.97. The maximum atomic E-state index is 11.8. The van der Waals surface area contributed by atoms with Crippen molar-refractivity contribution in [2.75, 3.05) is 6.61 Å². The van der Waals surface area contributed by atoms with Gasteiger partial charge in [0, 0.05) is 19.1 Å². The molecule has 2 aliphatic rings. The molecule has 1 amide bonds. The van der Waals surface area contributed by atoms with Gasteiger partial charge < -0.3 is 10.1 Å². The Kier molecular flexibility index (Phi) is 4.84. The van der Waals surface area contributed by atoms with Crippen LogP contribution in [0.5, 0.6) is 0 Å². The van der Waals surface area contributed by atoms with Crippen molar-refractivity contribution in [1.29, 1.82) is 0 Å². The minimum atomic E-state index is 0.222. The van der Waals surface area contributed by atoms with Crippen LogP contribution in [0.4, 0.5) is 0 Å². The van der Waals surface area contributed by atoms with E-state index in [-0.39, 0.29) is 5.91 Å². The largest absolute Gasteiger partial charge is 0.378 e. The van der Waals surface area contributed by atoms with Gasteiger partial charge in [-0.15, -0.1) is 0 Å². The summed E-state index contributed by atoms with van der Waals surface area (Å²) < 4.78 is 5.53. The lowest BCUT2D eigenvalue weighted by molar-refractivity contribution is -0.123. The Bertz CT molecular complexity index is 249. The van der Waals surface area contributed by atoms with Gasteiger partial charge in [0.1, 0.15) is 0 Å². The first-order valence-corrected chi connectivity index (χ1v) is 7.16. The summed E-state index contributed by atoms with van der Waals surface area (Å²) in [6.07, 6.45) is 9.16. The van der Waals surface area contributed by atoms with Crippen molar-refractivity contribution >= 4 is 5.91 Å². The van der Waals surface area contributed by atoms with Crippen molar-refractivity contribution in [3.63, 3.8) is 0 Å². The van der Waals surface area contributed by atoms with Crippen LogP contribution in [0.15, 0.2) is 0 Å². The first-order valence-electron chi connectivity index (χ1n) is 7.16. The maximum absolute atomic E-state index is 11.8. The first-order chi connectivity index (χ1) is 8.25. The molecule has 3 nitrogen and oxygen atoms in total. The average molecular weight is 239 g/mol. The van der Waals surface area contributed by atoms with E-state index in [0.717, 1.165) is 32.3 Å². The topological polar surface area (TPSA) is 38.3 Å². The fourth-order valence-electron chi connectivity index (χ4n) is 2.97. The minimum Gasteiger partial charge on any atom is -0.378 e. The fraction of sp³-hybridized carbons (Fsp3) is 0.929. The van der Waals surface area contributed by atoms with Crippen LogP contribution in [-0.2, 0) is 9.53 Å². The summed E-state index contributed by atoms with van der Waals surface area (Å²) in [5.41, 5.74) is 0. The molecule has 0 aromatic carbocycles. The lowest BCUT2D eigenvalue weighted by atomic mass is 9.86. The number of amides is 1. The Morgan fingerprint density at radius 2 is 2.06 bits per heavy atom. The SMILES string of the molecule is C[C@@H]1CCCC[C@@H]1NC(=O)CC[C@H]1CCCO1. The second-order valence-corrected chi connectivity index (χ2v) is 5.61. The van der Waals surface area contributed by atoms with Crippen molar-refractivity contribution in [3.05, 3.63) is 0 Å². The van der Waals surface area contributed by atoms with E-state index in [9.17, 15) is 4.79 Å². The highest BCUT2D eigenvalue weighted by Crippen LogP contribution is 2.24. The predicted molar refractivity (Wildman–Crippen MR) is 67.8 cm³/mol. The molecule has 0 bridgehead atoms.